The number of aromatic amines is 1. The number of fused-ring (bicyclic) bond motifs is 3. The van der Waals surface area contributed by atoms with Crippen LogP contribution in [0.25, 0.3) is 10.9 Å². The first-order valence-corrected chi connectivity index (χ1v) is 10.1. The van der Waals surface area contributed by atoms with Crippen molar-refractivity contribution in [3.63, 3.8) is 0 Å². The van der Waals surface area contributed by atoms with Crippen molar-refractivity contribution in [1.29, 1.82) is 0 Å². The number of H-pyrrole nitrogens is 1. The highest BCUT2D eigenvalue weighted by Gasteiger charge is 2.22. The molecule has 0 spiro atoms. The maximum absolute atomic E-state index is 12.9. The normalized spacial score (nSPS) is 15.9. The van der Waals surface area contributed by atoms with E-state index in [0.29, 0.717) is 37.1 Å². The van der Waals surface area contributed by atoms with Crippen LogP contribution in [0.3, 0.4) is 0 Å². The van der Waals surface area contributed by atoms with Crippen molar-refractivity contribution in [3.05, 3.63) is 58.9 Å². The van der Waals surface area contributed by atoms with Crippen LogP contribution in [0.5, 0.6) is 5.88 Å². The van der Waals surface area contributed by atoms with Crippen LogP contribution in [0.4, 0.5) is 0 Å². The van der Waals surface area contributed by atoms with Crippen LogP contribution in [0.1, 0.15) is 40.5 Å². The predicted molar refractivity (Wildman–Crippen MR) is 112 cm³/mol. The molecule has 0 fully saturated rings. The topological polar surface area (TPSA) is 76.2 Å². The van der Waals surface area contributed by atoms with Gasteiger partial charge in [0.1, 0.15) is 6.61 Å². The molecule has 1 atom stereocenters. The molecule has 1 unspecified atom stereocenters. The second-order valence-corrected chi connectivity index (χ2v) is 7.69. The molecule has 2 heterocycles. The molecule has 1 amide bonds. The summed E-state index contributed by atoms with van der Waals surface area (Å²) < 4.78 is 10.4. The number of aryl methyl sites for hydroxylation is 1. The Morgan fingerprint density at radius 3 is 2.97 bits per heavy atom. The molecule has 3 aromatic rings. The Morgan fingerprint density at radius 1 is 1.28 bits per heavy atom. The van der Waals surface area contributed by atoms with E-state index in [1.807, 2.05) is 18.2 Å². The van der Waals surface area contributed by atoms with E-state index in [9.17, 15) is 4.79 Å². The van der Waals surface area contributed by atoms with Gasteiger partial charge in [-0.2, -0.15) is 0 Å². The van der Waals surface area contributed by atoms with Gasteiger partial charge in [-0.15, -0.1) is 0 Å². The molecule has 1 aliphatic carbocycles. The Kier molecular flexibility index (Phi) is 5.81. The summed E-state index contributed by atoms with van der Waals surface area (Å²) in [5.41, 5.74) is 5.22. The standard InChI is InChI=1S/C23H27N3O3/c1-15-6-8-20-19(12-15)17-4-3-5-18(22(17)26-20)23(27)25-14-16-7-9-21(24-13-16)29-11-10-28-2/h3-5,7,9,13,15,26H,6,8,10-12,14H2,1-2H3,(H,25,27). The van der Waals surface area contributed by atoms with Gasteiger partial charge in [-0.3, -0.25) is 4.79 Å². The molecule has 29 heavy (non-hydrogen) atoms. The van der Waals surface area contributed by atoms with Gasteiger partial charge in [0.15, 0.2) is 0 Å². The average Bonchev–Trinajstić information content (AvgIpc) is 3.11. The van der Waals surface area contributed by atoms with Gasteiger partial charge in [0.2, 0.25) is 5.88 Å². The predicted octanol–water partition coefficient (Wildman–Crippen LogP) is 3.64. The Labute approximate surface area is 170 Å². The van der Waals surface area contributed by atoms with Gasteiger partial charge < -0.3 is 19.8 Å². The van der Waals surface area contributed by atoms with Crippen molar-refractivity contribution in [3.8, 4) is 5.88 Å². The van der Waals surface area contributed by atoms with Crippen LogP contribution in [-0.4, -0.2) is 36.2 Å². The van der Waals surface area contributed by atoms with Crippen LogP contribution in [-0.2, 0) is 24.1 Å². The second-order valence-electron chi connectivity index (χ2n) is 7.69. The van der Waals surface area contributed by atoms with Gasteiger partial charge in [-0.1, -0.05) is 25.1 Å². The van der Waals surface area contributed by atoms with Crippen molar-refractivity contribution in [2.45, 2.75) is 32.7 Å². The molecule has 0 radical (unpaired) electrons. The van der Waals surface area contributed by atoms with E-state index < -0.39 is 0 Å². The van der Waals surface area contributed by atoms with Crippen molar-refractivity contribution in [2.75, 3.05) is 20.3 Å². The van der Waals surface area contributed by atoms with E-state index in [0.717, 1.165) is 23.9 Å². The summed E-state index contributed by atoms with van der Waals surface area (Å²) >= 11 is 0. The molecule has 0 aliphatic heterocycles. The molecule has 1 aromatic carbocycles. The molecule has 6 nitrogen and oxygen atoms in total. The monoisotopic (exact) mass is 393 g/mol. The molecular formula is C23H27N3O3. The molecular weight excluding hydrogens is 366 g/mol. The number of benzene rings is 1. The number of amides is 1. The summed E-state index contributed by atoms with van der Waals surface area (Å²) in [7, 11) is 1.63. The smallest absolute Gasteiger partial charge is 0.253 e. The molecule has 152 valence electrons. The summed E-state index contributed by atoms with van der Waals surface area (Å²) in [5, 5.41) is 4.19. The molecule has 1 aliphatic rings. The Balaban J connectivity index is 1.44. The fourth-order valence-electron chi connectivity index (χ4n) is 3.91. The van der Waals surface area contributed by atoms with Crippen molar-refractivity contribution < 1.29 is 14.3 Å². The number of nitrogens with one attached hydrogen (secondary N) is 2. The lowest BCUT2D eigenvalue weighted by atomic mass is 9.87. The fourth-order valence-corrected chi connectivity index (χ4v) is 3.91. The summed E-state index contributed by atoms with van der Waals surface area (Å²) in [6.45, 7) is 3.69. The van der Waals surface area contributed by atoms with Crippen molar-refractivity contribution in [2.24, 2.45) is 5.92 Å². The van der Waals surface area contributed by atoms with Gasteiger partial charge >= 0.3 is 0 Å². The minimum absolute atomic E-state index is 0.0809. The maximum atomic E-state index is 12.9. The first-order chi connectivity index (χ1) is 14.2. The third-order valence-electron chi connectivity index (χ3n) is 5.50. The SMILES string of the molecule is COCCOc1ccc(CNC(=O)c2cccc3c4c([nH]c23)CCC(C)C4)cn1. The average molecular weight is 393 g/mol. The quantitative estimate of drug-likeness (QED) is 0.601. The van der Waals surface area contributed by atoms with E-state index in [-0.39, 0.29) is 5.91 Å². The number of carbonyl (C=O) groups excluding carboxylic acids is 1. The van der Waals surface area contributed by atoms with Gasteiger partial charge in [0.25, 0.3) is 5.91 Å². The lowest BCUT2D eigenvalue weighted by Gasteiger charge is -2.17. The Bertz CT molecular complexity index is 995. The third-order valence-corrected chi connectivity index (χ3v) is 5.50. The van der Waals surface area contributed by atoms with E-state index in [1.54, 1.807) is 19.4 Å². The number of hydrogen-bond acceptors (Lipinski definition) is 4. The summed E-state index contributed by atoms with van der Waals surface area (Å²) in [4.78, 5) is 20.6. The largest absolute Gasteiger partial charge is 0.475 e. The highest BCUT2D eigenvalue weighted by Crippen LogP contribution is 2.32. The summed E-state index contributed by atoms with van der Waals surface area (Å²) in [6, 6.07) is 9.68. The van der Waals surface area contributed by atoms with Crippen LogP contribution in [0.15, 0.2) is 36.5 Å². The number of methoxy groups -OCH3 is 1. The number of aromatic nitrogens is 2. The summed E-state index contributed by atoms with van der Waals surface area (Å²) in [5.74, 6) is 1.16. The van der Waals surface area contributed by atoms with Crippen LogP contribution < -0.4 is 10.1 Å². The molecule has 6 heteroatoms. The maximum Gasteiger partial charge on any atom is 0.253 e. The minimum atomic E-state index is -0.0809. The van der Waals surface area contributed by atoms with Gasteiger partial charge in [0.05, 0.1) is 17.7 Å². The number of pyridine rings is 1. The number of carbonyl (C=O) groups is 1. The number of hydrogen-bond donors (Lipinski definition) is 2. The first-order valence-electron chi connectivity index (χ1n) is 10.1. The zero-order chi connectivity index (χ0) is 20.2. The number of para-hydroxylation sites is 1. The number of ether oxygens (including phenoxy) is 2. The van der Waals surface area contributed by atoms with Crippen LogP contribution >= 0.6 is 0 Å². The van der Waals surface area contributed by atoms with E-state index >= 15 is 0 Å². The lowest BCUT2D eigenvalue weighted by molar-refractivity contribution is 0.0952. The van der Waals surface area contributed by atoms with Crippen LogP contribution in [0.2, 0.25) is 0 Å². The second kappa shape index (κ2) is 8.66. The molecule has 0 saturated carbocycles. The van der Waals surface area contributed by atoms with Crippen molar-refractivity contribution >= 4 is 16.8 Å². The van der Waals surface area contributed by atoms with Crippen LogP contribution in [0, 0.1) is 5.92 Å². The highest BCUT2D eigenvalue weighted by molar-refractivity contribution is 6.06. The lowest BCUT2D eigenvalue weighted by Crippen LogP contribution is -2.23. The third kappa shape index (κ3) is 4.27. The van der Waals surface area contributed by atoms with Crippen molar-refractivity contribution in [1.82, 2.24) is 15.3 Å². The molecule has 0 saturated heterocycles. The van der Waals surface area contributed by atoms with E-state index in [4.69, 9.17) is 9.47 Å². The van der Waals surface area contributed by atoms with Gasteiger partial charge in [-0.25, -0.2) is 4.98 Å². The molecule has 4 rings (SSSR count). The first kappa shape index (κ1) is 19.5. The zero-order valence-electron chi connectivity index (χ0n) is 17.0. The Morgan fingerprint density at radius 2 is 2.17 bits per heavy atom. The minimum Gasteiger partial charge on any atom is -0.475 e. The molecule has 0 bridgehead atoms. The molecule has 2 aromatic heterocycles. The number of rotatable bonds is 7. The Hall–Kier alpha value is -2.86. The van der Waals surface area contributed by atoms with Gasteiger partial charge in [0, 0.05) is 37.0 Å². The number of nitrogens with zero attached hydrogens (tertiary/aromatic N) is 1. The van der Waals surface area contributed by atoms with E-state index in [2.05, 4.69) is 28.3 Å². The van der Waals surface area contributed by atoms with Gasteiger partial charge in [-0.05, 0) is 42.4 Å². The molecule has 2 N–H and O–H groups in total. The highest BCUT2D eigenvalue weighted by atomic mass is 16.5. The summed E-state index contributed by atoms with van der Waals surface area (Å²) in [6.07, 6.45) is 5.04. The zero-order valence-corrected chi connectivity index (χ0v) is 17.0. The van der Waals surface area contributed by atoms with E-state index in [1.165, 1.54) is 23.1 Å². The fraction of sp³-hybridized carbons (Fsp3) is 0.391.